The van der Waals surface area contributed by atoms with Gasteiger partial charge >= 0.3 is 0 Å². The summed E-state index contributed by atoms with van der Waals surface area (Å²) < 4.78 is 18.3. The average molecular weight is 275 g/mol. The maximum Gasteiger partial charge on any atom is 0.228 e. The van der Waals surface area contributed by atoms with Gasteiger partial charge in [0, 0.05) is 10.9 Å². The van der Waals surface area contributed by atoms with Crippen molar-refractivity contribution in [1.82, 2.24) is 0 Å². The summed E-state index contributed by atoms with van der Waals surface area (Å²) in [5, 5.41) is 1.22. The van der Waals surface area contributed by atoms with E-state index in [2.05, 4.69) is 0 Å². The number of hydrogen-bond donors (Lipinski definition) is 0. The van der Waals surface area contributed by atoms with E-state index in [1.54, 1.807) is 18.2 Å². The molecule has 19 heavy (non-hydrogen) atoms. The summed E-state index contributed by atoms with van der Waals surface area (Å²) in [5.41, 5.74) is 0.853. The first-order valence-corrected chi connectivity index (χ1v) is 6.01. The normalized spacial score (nSPS) is 10.8. The molecule has 0 atom stereocenters. The van der Waals surface area contributed by atoms with E-state index in [1.807, 2.05) is 6.07 Å². The third kappa shape index (κ3) is 2.13. The average Bonchev–Trinajstić information content (AvgIpc) is 2.84. The molecular formula is C15H8ClFO2. The van der Waals surface area contributed by atoms with Crippen molar-refractivity contribution in [3.05, 3.63) is 70.7 Å². The molecule has 0 unspecified atom stereocenters. The van der Waals surface area contributed by atoms with Gasteiger partial charge in [-0.1, -0.05) is 23.7 Å². The Kier molecular flexibility index (Phi) is 2.84. The lowest BCUT2D eigenvalue weighted by molar-refractivity contribution is 0.101. The van der Waals surface area contributed by atoms with Crippen molar-refractivity contribution < 1.29 is 13.6 Å². The van der Waals surface area contributed by atoms with Crippen LogP contribution >= 0.6 is 11.6 Å². The van der Waals surface area contributed by atoms with Gasteiger partial charge in [0.05, 0.1) is 5.02 Å². The zero-order valence-electron chi connectivity index (χ0n) is 9.69. The third-order valence-electron chi connectivity index (χ3n) is 2.83. The Labute approximate surface area is 113 Å². The van der Waals surface area contributed by atoms with Gasteiger partial charge < -0.3 is 4.42 Å². The SMILES string of the molecule is O=C(c1ccc(F)cc1)c1cc2cccc(Cl)c2o1. The Morgan fingerprint density at radius 1 is 1.11 bits per heavy atom. The van der Waals surface area contributed by atoms with Crippen LogP contribution in [0.15, 0.2) is 52.9 Å². The molecule has 0 saturated heterocycles. The molecule has 0 N–H and O–H groups in total. The second-order valence-corrected chi connectivity index (χ2v) is 4.51. The van der Waals surface area contributed by atoms with Crippen molar-refractivity contribution >= 4 is 28.4 Å². The Morgan fingerprint density at radius 2 is 1.84 bits per heavy atom. The minimum atomic E-state index is -0.385. The standard InChI is InChI=1S/C15H8ClFO2/c16-12-3-1-2-10-8-13(19-15(10)12)14(18)9-4-6-11(17)7-5-9/h1-8H. The molecular weight excluding hydrogens is 267 g/mol. The predicted molar refractivity (Wildman–Crippen MR) is 71.1 cm³/mol. The summed E-state index contributed by atoms with van der Waals surface area (Å²) in [6, 6.07) is 12.2. The van der Waals surface area contributed by atoms with Crippen LogP contribution in [-0.2, 0) is 0 Å². The molecule has 1 heterocycles. The first-order valence-electron chi connectivity index (χ1n) is 5.63. The number of rotatable bonds is 2. The molecule has 4 heteroatoms. The highest BCUT2D eigenvalue weighted by molar-refractivity contribution is 6.35. The van der Waals surface area contributed by atoms with Crippen LogP contribution in [0.3, 0.4) is 0 Å². The van der Waals surface area contributed by atoms with Crippen molar-refractivity contribution in [3.8, 4) is 0 Å². The number of hydrogen-bond acceptors (Lipinski definition) is 2. The highest BCUT2D eigenvalue weighted by Crippen LogP contribution is 2.27. The van der Waals surface area contributed by atoms with Gasteiger partial charge in [-0.15, -0.1) is 0 Å². The molecule has 0 aliphatic rings. The molecule has 1 aromatic heterocycles. The second-order valence-electron chi connectivity index (χ2n) is 4.10. The van der Waals surface area contributed by atoms with E-state index in [0.29, 0.717) is 16.2 Å². The first-order chi connectivity index (χ1) is 9.15. The van der Waals surface area contributed by atoms with Crippen molar-refractivity contribution in [3.63, 3.8) is 0 Å². The van der Waals surface area contributed by atoms with Crippen molar-refractivity contribution in [1.29, 1.82) is 0 Å². The number of benzene rings is 2. The van der Waals surface area contributed by atoms with Crippen LogP contribution in [0, 0.1) is 5.82 Å². The summed E-state index contributed by atoms with van der Waals surface area (Å²) in [4.78, 5) is 12.2. The van der Waals surface area contributed by atoms with Crippen LogP contribution in [0.2, 0.25) is 5.02 Å². The molecule has 2 aromatic carbocycles. The molecule has 94 valence electrons. The molecule has 3 rings (SSSR count). The molecule has 0 amide bonds. The predicted octanol–water partition coefficient (Wildman–Crippen LogP) is 4.46. The number of halogens is 2. The third-order valence-corrected chi connectivity index (χ3v) is 3.12. The van der Waals surface area contributed by atoms with Gasteiger partial charge in [-0.05, 0) is 36.4 Å². The van der Waals surface area contributed by atoms with E-state index in [9.17, 15) is 9.18 Å². The van der Waals surface area contributed by atoms with E-state index >= 15 is 0 Å². The highest BCUT2D eigenvalue weighted by Gasteiger charge is 2.15. The van der Waals surface area contributed by atoms with Gasteiger partial charge in [-0.2, -0.15) is 0 Å². The lowest BCUT2D eigenvalue weighted by atomic mass is 10.1. The van der Waals surface area contributed by atoms with E-state index in [4.69, 9.17) is 16.0 Å². The van der Waals surface area contributed by atoms with Gasteiger partial charge in [0.15, 0.2) is 11.3 Å². The molecule has 0 fully saturated rings. The van der Waals surface area contributed by atoms with Crippen LogP contribution in [0.5, 0.6) is 0 Å². The molecule has 0 spiro atoms. The molecule has 0 saturated carbocycles. The summed E-state index contributed by atoms with van der Waals surface area (Å²) in [6.07, 6.45) is 0. The van der Waals surface area contributed by atoms with Crippen LogP contribution < -0.4 is 0 Å². The Morgan fingerprint density at radius 3 is 2.53 bits per heavy atom. The van der Waals surface area contributed by atoms with Gasteiger partial charge in [0.2, 0.25) is 5.78 Å². The van der Waals surface area contributed by atoms with Crippen LogP contribution in [0.4, 0.5) is 4.39 Å². The van der Waals surface area contributed by atoms with Crippen LogP contribution in [0.25, 0.3) is 11.0 Å². The van der Waals surface area contributed by atoms with Crippen molar-refractivity contribution in [2.24, 2.45) is 0 Å². The first kappa shape index (κ1) is 11.9. The monoisotopic (exact) mass is 274 g/mol. The Balaban J connectivity index is 2.06. The molecule has 0 radical (unpaired) electrons. The Bertz CT molecular complexity index is 759. The fourth-order valence-corrected chi connectivity index (χ4v) is 2.10. The van der Waals surface area contributed by atoms with Crippen molar-refractivity contribution in [2.45, 2.75) is 0 Å². The zero-order chi connectivity index (χ0) is 13.4. The molecule has 3 aromatic rings. The molecule has 0 bridgehead atoms. The summed E-state index contributed by atoms with van der Waals surface area (Å²) in [5.74, 6) is -0.494. The largest absolute Gasteiger partial charge is 0.451 e. The molecule has 2 nitrogen and oxygen atoms in total. The lowest BCUT2D eigenvalue weighted by Gasteiger charge is -1.96. The number of carbonyl (C=O) groups is 1. The second kappa shape index (κ2) is 4.52. The topological polar surface area (TPSA) is 30.2 Å². The summed E-state index contributed by atoms with van der Waals surface area (Å²) in [6.45, 7) is 0. The number of carbonyl (C=O) groups excluding carboxylic acids is 1. The van der Waals surface area contributed by atoms with E-state index in [1.165, 1.54) is 24.3 Å². The molecule has 0 aliphatic carbocycles. The lowest BCUT2D eigenvalue weighted by Crippen LogP contribution is -1.99. The summed E-state index contributed by atoms with van der Waals surface area (Å²) in [7, 11) is 0. The maximum atomic E-state index is 12.8. The smallest absolute Gasteiger partial charge is 0.228 e. The molecule has 0 aliphatic heterocycles. The zero-order valence-corrected chi connectivity index (χ0v) is 10.4. The number of fused-ring (bicyclic) bond motifs is 1. The number of furan rings is 1. The number of ketones is 1. The van der Waals surface area contributed by atoms with Gasteiger partial charge in [-0.25, -0.2) is 4.39 Å². The maximum absolute atomic E-state index is 12.8. The van der Waals surface area contributed by atoms with E-state index in [0.717, 1.165) is 5.39 Å². The highest BCUT2D eigenvalue weighted by atomic mass is 35.5. The van der Waals surface area contributed by atoms with E-state index in [-0.39, 0.29) is 17.4 Å². The fraction of sp³-hybridized carbons (Fsp3) is 0. The Hall–Kier alpha value is -2.13. The minimum Gasteiger partial charge on any atom is -0.451 e. The minimum absolute atomic E-state index is 0.190. The van der Waals surface area contributed by atoms with Gasteiger partial charge in [-0.3, -0.25) is 4.79 Å². The van der Waals surface area contributed by atoms with Crippen LogP contribution in [0.1, 0.15) is 16.1 Å². The van der Waals surface area contributed by atoms with E-state index < -0.39 is 0 Å². The quantitative estimate of drug-likeness (QED) is 0.646. The number of para-hydroxylation sites is 1. The van der Waals surface area contributed by atoms with Gasteiger partial charge in [0.1, 0.15) is 5.82 Å². The fourth-order valence-electron chi connectivity index (χ4n) is 1.88. The van der Waals surface area contributed by atoms with Crippen molar-refractivity contribution in [2.75, 3.05) is 0 Å². The van der Waals surface area contributed by atoms with Gasteiger partial charge in [0.25, 0.3) is 0 Å². The van der Waals surface area contributed by atoms with Crippen LogP contribution in [-0.4, -0.2) is 5.78 Å². The summed E-state index contributed by atoms with van der Waals surface area (Å²) >= 11 is 5.99.